The average molecular weight is 140 g/mol. The first-order valence-corrected chi connectivity index (χ1v) is 4.23. The van der Waals surface area contributed by atoms with Gasteiger partial charge in [0.25, 0.3) is 0 Å². The summed E-state index contributed by atoms with van der Waals surface area (Å²) in [7, 11) is 0. The molecule has 2 aromatic carbocycles. The molecule has 0 atom stereocenters. The van der Waals surface area contributed by atoms with Crippen LogP contribution in [0.5, 0.6) is 0 Å². The van der Waals surface area contributed by atoms with E-state index in [1.54, 1.807) is 0 Å². The quantitative estimate of drug-likeness (QED) is 0.465. The minimum atomic E-state index is 1.33. The van der Waals surface area contributed by atoms with Crippen LogP contribution in [0.2, 0.25) is 0 Å². The molecule has 0 saturated carbocycles. The maximum atomic E-state index is 2.22. The molecule has 0 spiro atoms. The molecule has 0 N–H and O–H groups in total. The van der Waals surface area contributed by atoms with Crippen LogP contribution in [-0.4, -0.2) is 35.4 Å². The van der Waals surface area contributed by atoms with Crippen molar-refractivity contribution >= 4 is 54.7 Å². The average Bonchev–Trinajstić information content (AvgIpc) is 2.03. The van der Waals surface area contributed by atoms with Gasteiger partial charge < -0.3 is 0 Å². The van der Waals surface area contributed by atoms with Crippen LogP contribution in [-0.2, 0) is 0 Å². The van der Waals surface area contributed by atoms with E-state index in [2.05, 4.69) is 71.8 Å². The standard InChI is InChI=1S/C10H6.2Li/c1-2-6-10-8-4-3-7-9(10)5-1;;/h1,3,5-8H;;. The molecule has 12 heavy (non-hydrogen) atoms. The molecule has 2 rings (SSSR count). The van der Waals surface area contributed by atoms with Crippen molar-refractivity contribution in [3.8, 4) is 0 Å². The van der Waals surface area contributed by atoms with Crippen molar-refractivity contribution in [1.82, 2.24) is 0 Å². The van der Waals surface area contributed by atoms with E-state index in [1.165, 1.54) is 19.2 Å². The van der Waals surface area contributed by atoms with Gasteiger partial charge in [0.15, 0.2) is 0 Å². The van der Waals surface area contributed by atoms with Gasteiger partial charge in [-0.15, -0.1) is 0 Å². The van der Waals surface area contributed by atoms with Crippen molar-refractivity contribution in [3.63, 3.8) is 0 Å². The normalized spacial score (nSPS) is 10.7. The summed E-state index contributed by atoms with van der Waals surface area (Å²) in [6, 6.07) is 13.1. The van der Waals surface area contributed by atoms with E-state index in [-0.39, 0.29) is 0 Å². The summed E-state index contributed by atoms with van der Waals surface area (Å²) in [6.07, 6.45) is 0. The number of rotatable bonds is 0. The van der Waals surface area contributed by atoms with Gasteiger partial charge >= 0.3 is 91.1 Å². The van der Waals surface area contributed by atoms with Crippen LogP contribution >= 0.6 is 0 Å². The van der Waals surface area contributed by atoms with Crippen LogP contribution in [0, 0.1) is 0 Å². The van der Waals surface area contributed by atoms with Gasteiger partial charge in [0.1, 0.15) is 0 Å². The molecule has 0 bridgehead atoms. The van der Waals surface area contributed by atoms with Crippen molar-refractivity contribution in [2.75, 3.05) is 0 Å². The van der Waals surface area contributed by atoms with Crippen molar-refractivity contribution < 1.29 is 0 Å². The van der Waals surface area contributed by atoms with Crippen LogP contribution in [0.25, 0.3) is 10.8 Å². The predicted molar refractivity (Wildman–Crippen MR) is 54.7 cm³/mol. The molecule has 0 aliphatic rings. The Bertz CT molecular complexity index is 384. The molecule has 0 saturated heterocycles. The van der Waals surface area contributed by atoms with Crippen molar-refractivity contribution in [2.24, 2.45) is 0 Å². The second-order valence-electron chi connectivity index (χ2n) is 3.35. The van der Waals surface area contributed by atoms with Gasteiger partial charge in [-0.2, -0.15) is 0 Å². The first-order valence-electron chi connectivity index (χ1n) is 4.23. The first kappa shape index (κ1) is 8.49. The number of benzene rings is 2. The van der Waals surface area contributed by atoms with Gasteiger partial charge in [-0.3, -0.25) is 0 Å². The van der Waals surface area contributed by atoms with E-state index in [1.807, 2.05) is 0 Å². The van der Waals surface area contributed by atoms with Gasteiger partial charge in [-0.05, 0) is 0 Å². The van der Waals surface area contributed by atoms with E-state index in [9.17, 15) is 0 Å². The zero-order chi connectivity index (χ0) is 8.55. The molecule has 0 aliphatic heterocycles. The Kier molecular flexibility index (Phi) is 2.36. The monoisotopic (exact) mass is 140 g/mol. The molecule has 0 aliphatic carbocycles. The Morgan fingerprint density at radius 3 is 1.67 bits per heavy atom. The van der Waals surface area contributed by atoms with Crippen molar-refractivity contribution in [3.05, 3.63) is 36.4 Å². The van der Waals surface area contributed by atoms with Gasteiger partial charge in [0, 0.05) is 0 Å². The summed E-state index contributed by atoms with van der Waals surface area (Å²) in [6.45, 7) is 0. The third kappa shape index (κ3) is 1.63. The summed E-state index contributed by atoms with van der Waals surface area (Å²) in [5.41, 5.74) is 0. The number of hydrogen-bond donors (Lipinski definition) is 0. The Morgan fingerprint density at radius 2 is 1.17 bits per heavy atom. The van der Waals surface area contributed by atoms with E-state index >= 15 is 0 Å². The Hall–Kier alpha value is -0.105. The van der Waals surface area contributed by atoms with Gasteiger partial charge in [-0.1, -0.05) is 0 Å². The Balaban J connectivity index is 2.80. The topological polar surface area (TPSA) is 0 Å². The van der Waals surface area contributed by atoms with Gasteiger partial charge in [0.2, 0.25) is 0 Å². The van der Waals surface area contributed by atoms with Gasteiger partial charge in [0.05, 0.1) is 0 Å². The van der Waals surface area contributed by atoms with Crippen LogP contribution in [0.3, 0.4) is 0 Å². The molecule has 0 heterocycles. The molecule has 0 radical (unpaired) electrons. The SMILES string of the molecule is [Li][c]1ccc2cc[c]([Li])cc2c1. The molecule has 2 aromatic rings. The van der Waals surface area contributed by atoms with Crippen LogP contribution in [0.4, 0.5) is 0 Å². The van der Waals surface area contributed by atoms with Crippen LogP contribution in [0.15, 0.2) is 36.4 Å². The molecule has 2 heteroatoms. The second kappa shape index (κ2) is 3.33. The van der Waals surface area contributed by atoms with E-state index in [0.29, 0.717) is 0 Å². The minimum absolute atomic E-state index is 1.33. The summed E-state index contributed by atoms with van der Waals surface area (Å²) < 4.78 is 2.65. The zero-order valence-electron chi connectivity index (χ0n) is 7.46. The maximum absolute atomic E-state index is 2.22. The van der Waals surface area contributed by atoms with Crippen LogP contribution in [0.1, 0.15) is 0 Å². The molecule has 0 amide bonds. The zero-order valence-corrected chi connectivity index (χ0v) is 7.46. The summed E-state index contributed by atoms with van der Waals surface area (Å²) in [5, 5.41) is 2.67. The molecular weight excluding hydrogens is 134 g/mol. The first-order chi connectivity index (χ1) is 5.75. The summed E-state index contributed by atoms with van der Waals surface area (Å²) in [5.74, 6) is 0. The fourth-order valence-corrected chi connectivity index (χ4v) is 1.49. The van der Waals surface area contributed by atoms with Crippen LogP contribution < -0.4 is 8.47 Å². The summed E-state index contributed by atoms with van der Waals surface area (Å²) >= 11 is 4.25. The van der Waals surface area contributed by atoms with E-state index in [4.69, 9.17) is 0 Å². The van der Waals surface area contributed by atoms with E-state index < -0.39 is 0 Å². The Labute approximate surface area is 90.8 Å². The number of fused-ring (bicyclic) bond motifs is 1. The molecule has 0 unspecified atom stereocenters. The third-order valence-electron chi connectivity index (χ3n) is 2.15. The molecule has 0 aromatic heterocycles. The van der Waals surface area contributed by atoms with Crippen molar-refractivity contribution in [1.29, 1.82) is 0 Å². The fourth-order valence-electron chi connectivity index (χ4n) is 1.49. The number of hydrogen-bond acceptors (Lipinski definition) is 0. The van der Waals surface area contributed by atoms with E-state index in [0.717, 1.165) is 0 Å². The fraction of sp³-hybridized carbons (Fsp3) is 0. The predicted octanol–water partition coefficient (Wildman–Crippen LogP) is 0.427. The molecule has 0 nitrogen and oxygen atoms in total. The molecular formula is C10H6Li2. The molecule has 0 fully saturated rings. The summed E-state index contributed by atoms with van der Waals surface area (Å²) in [4.78, 5) is 0. The second-order valence-corrected chi connectivity index (χ2v) is 3.35. The molecule has 48 valence electrons. The van der Waals surface area contributed by atoms with Gasteiger partial charge in [-0.25, -0.2) is 0 Å². The Morgan fingerprint density at radius 1 is 0.667 bits per heavy atom. The third-order valence-corrected chi connectivity index (χ3v) is 2.15. The van der Waals surface area contributed by atoms with Crippen molar-refractivity contribution in [2.45, 2.75) is 0 Å².